The molecular formula is C21H19ClN4O3. The van der Waals surface area contributed by atoms with Gasteiger partial charge in [-0.1, -0.05) is 17.7 Å². The first kappa shape index (κ1) is 19.1. The van der Waals surface area contributed by atoms with Gasteiger partial charge in [-0.25, -0.2) is 4.79 Å². The van der Waals surface area contributed by atoms with Gasteiger partial charge in [0, 0.05) is 13.1 Å². The first-order valence-corrected chi connectivity index (χ1v) is 9.60. The molecule has 1 aromatic heterocycles. The highest BCUT2D eigenvalue weighted by molar-refractivity contribution is 6.32. The molecule has 29 heavy (non-hydrogen) atoms. The van der Waals surface area contributed by atoms with Gasteiger partial charge in [0.15, 0.2) is 0 Å². The van der Waals surface area contributed by atoms with Crippen molar-refractivity contribution in [1.82, 2.24) is 14.0 Å². The summed E-state index contributed by atoms with van der Waals surface area (Å²) in [6, 6.07) is 12.7. The predicted octanol–water partition coefficient (Wildman–Crippen LogP) is 2.79. The quantitative estimate of drug-likeness (QED) is 0.606. The van der Waals surface area contributed by atoms with Crippen LogP contribution in [0.3, 0.4) is 0 Å². The van der Waals surface area contributed by atoms with E-state index < -0.39 is 0 Å². The van der Waals surface area contributed by atoms with Crippen molar-refractivity contribution in [2.24, 2.45) is 0 Å². The maximum absolute atomic E-state index is 13.4. The molecule has 0 saturated carbocycles. The molecule has 1 fully saturated rings. The third kappa shape index (κ3) is 3.36. The lowest BCUT2D eigenvalue weighted by atomic mass is 10.2. The summed E-state index contributed by atoms with van der Waals surface area (Å²) in [5, 5.41) is 9.77. The molecule has 4 rings (SSSR count). The van der Waals surface area contributed by atoms with E-state index >= 15 is 0 Å². The van der Waals surface area contributed by atoms with Gasteiger partial charge < -0.3 is 9.64 Å². The summed E-state index contributed by atoms with van der Waals surface area (Å²) in [4.78, 5) is 26.2. The minimum Gasteiger partial charge on any atom is -0.495 e. The Morgan fingerprint density at radius 2 is 2.10 bits per heavy atom. The van der Waals surface area contributed by atoms with Crippen molar-refractivity contribution >= 4 is 29.0 Å². The largest absolute Gasteiger partial charge is 0.495 e. The first-order chi connectivity index (χ1) is 14.0. The van der Waals surface area contributed by atoms with Crippen LogP contribution in [0.4, 0.5) is 0 Å². The number of carbonyl (C=O) groups excluding carboxylic acids is 1. The number of likely N-dealkylation sites (tertiary alicyclic amines) is 1. The fourth-order valence-corrected chi connectivity index (χ4v) is 4.20. The van der Waals surface area contributed by atoms with Gasteiger partial charge in [0.1, 0.15) is 5.75 Å². The number of rotatable bonds is 5. The number of methoxy groups -OCH3 is 1. The van der Waals surface area contributed by atoms with E-state index in [0.29, 0.717) is 47.9 Å². The molecule has 3 aromatic rings. The smallest absolute Gasteiger partial charge is 0.329 e. The SMILES string of the molecule is COc1ccc(Cn2c(=O)n([C@H]3CCN(C=O)C3)c3ccc(C#N)cc32)cc1Cl. The molecule has 1 aliphatic rings. The number of nitrogens with zero attached hydrogens (tertiary/aromatic N) is 4. The molecular weight excluding hydrogens is 392 g/mol. The molecule has 0 spiro atoms. The van der Waals surface area contributed by atoms with Crippen molar-refractivity contribution in [3.8, 4) is 11.8 Å². The lowest BCUT2D eigenvalue weighted by Gasteiger charge is -2.12. The number of hydrogen-bond acceptors (Lipinski definition) is 4. The van der Waals surface area contributed by atoms with E-state index in [-0.39, 0.29) is 11.7 Å². The van der Waals surface area contributed by atoms with Crippen LogP contribution in [-0.4, -0.2) is 40.6 Å². The predicted molar refractivity (Wildman–Crippen MR) is 109 cm³/mol. The van der Waals surface area contributed by atoms with Crippen LogP contribution in [-0.2, 0) is 11.3 Å². The highest BCUT2D eigenvalue weighted by Gasteiger charge is 2.27. The van der Waals surface area contributed by atoms with Gasteiger partial charge in [-0.2, -0.15) is 5.26 Å². The van der Waals surface area contributed by atoms with Crippen LogP contribution in [0.5, 0.6) is 5.75 Å². The molecule has 148 valence electrons. The van der Waals surface area contributed by atoms with Crippen LogP contribution < -0.4 is 10.4 Å². The topological polar surface area (TPSA) is 80.3 Å². The number of imidazole rings is 1. The molecule has 0 unspecified atom stereocenters. The van der Waals surface area contributed by atoms with E-state index in [1.807, 2.05) is 6.07 Å². The number of benzene rings is 2. The molecule has 0 N–H and O–H groups in total. The second kappa shape index (κ2) is 7.64. The second-order valence-electron chi connectivity index (χ2n) is 7.07. The second-order valence-corrected chi connectivity index (χ2v) is 7.47. The summed E-state index contributed by atoms with van der Waals surface area (Å²) < 4.78 is 8.58. The number of carbonyl (C=O) groups is 1. The van der Waals surface area contributed by atoms with Gasteiger partial charge in [0.05, 0.1) is 47.4 Å². The van der Waals surface area contributed by atoms with E-state index in [1.165, 1.54) is 0 Å². The molecule has 8 heteroatoms. The lowest BCUT2D eigenvalue weighted by Crippen LogP contribution is -2.29. The minimum atomic E-state index is -0.167. The van der Waals surface area contributed by atoms with Crippen LogP contribution in [0.15, 0.2) is 41.2 Å². The van der Waals surface area contributed by atoms with Gasteiger partial charge in [-0.3, -0.25) is 13.9 Å². The minimum absolute atomic E-state index is 0.0937. The zero-order valence-corrected chi connectivity index (χ0v) is 16.6. The Morgan fingerprint density at radius 1 is 1.28 bits per heavy atom. The van der Waals surface area contributed by atoms with Gasteiger partial charge in [0.2, 0.25) is 6.41 Å². The van der Waals surface area contributed by atoms with Crippen molar-refractivity contribution < 1.29 is 9.53 Å². The Morgan fingerprint density at radius 3 is 2.76 bits per heavy atom. The Kier molecular flexibility index (Phi) is 5.03. The molecule has 2 aromatic carbocycles. The highest BCUT2D eigenvalue weighted by Crippen LogP contribution is 2.28. The summed E-state index contributed by atoms with van der Waals surface area (Å²) in [5.74, 6) is 0.567. The molecule has 1 aliphatic heterocycles. The molecule has 0 aliphatic carbocycles. The van der Waals surface area contributed by atoms with Crippen LogP contribution in [0.2, 0.25) is 5.02 Å². The normalized spacial score (nSPS) is 16.2. The van der Waals surface area contributed by atoms with Gasteiger partial charge in [-0.05, 0) is 42.3 Å². The highest BCUT2D eigenvalue weighted by atomic mass is 35.5. The number of amides is 1. The number of nitriles is 1. The first-order valence-electron chi connectivity index (χ1n) is 9.22. The fraction of sp³-hybridized carbons (Fsp3) is 0.286. The summed E-state index contributed by atoms with van der Waals surface area (Å²) >= 11 is 6.24. The number of hydrogen-bond donors (Lipinski definition) is 0. The van der Waals surface area contributed by atoms with E-state index in [9.17, 15) is 14.9 Å². The lowest BCUT2D eigenvalue weighted by molar-refractivity contribution is -0.117. The Balaban J connectivity index is 1.83. The number of halogens is 1. The summed E-state index contributed by atoms with van der Waals surface area (Å²) in [5.41, 5.74) is 2.61. The van der Waals surface area contributed by atoms with Gasteiger partial charge in [0.25, 0.3) is 0 Å². The number of fused-ring (bicyclic) bond motifs is 1. The van der Waals surface area contributed by atoms with E-state index in [0.717, 1.165) is 17.5 Å². The average molecular weight is 411 g/mol. The third-order valence-electron chi connectivity index (χ3n) is 5.36. The van der Waals surface area contributed by atoms with E-state index in [4.69, 9.17) is 16.3 Å². The molecule has 7 nitrogen and oxygen atoms in total. The summed E-state index contributed by atoms with van der Waals surface area (Å²) in [7, 11) is 1.55. The zero-order chi connectivity index (χ0) is 20.5. The molecule has 1 atom stereocenters. The zero-order valence-electron chi connectivity index (χ0n) is 15.8. The monoisotopic (exact) mass is 410 g/mol. The standard InChI is InChI=1S/C21H19ClN4O3/c1-29-20-5-3-15(8-17(20)22)11-25-19-9-14(10-23)2-4-18(19)26(21(25)28)16-6-7-24(12-16)13-27/h2-5,8-9,13,16H,6-7,11-12H2,1H3/t16-/m0/s1. The average Bonchev–Trinajstić information content (AvgIpc) is 3.30. The van der Waals surface area contributed by atoms with E-state index in [1.54, 1.807) is 51.5 Å². The van der Waals surface area contributed by atoms with Crippen molar-refractivity contribution in [2.75, 3.05) is 20.2 Å². The van der Waals surface area contributed by atoms with Crippen LogP contribution in [0.25, 0.3) is 11.0 Å². The maximum Gasteiger partial charge on any atom is 0.329 e. The van der Waals surface area contributed by atoms with Gasteiger partial charge >= 0.3 is 5.69 Å². The Labute approximate surface area is 172 Å². The number of aromatic nitrogens is 2. The fourth-order valence-electron chi connectivity index (χ4n) is 3.92. The molecule has 1 saturated heterocycles. The third-order valence-corrected chi connectivity index (χ3v) is 5.65. The van der Waals surface area contributed by atoms with Gasteiger partial charge in [-0.15, -0.1) is 0 Å². The van der Waals surface area contributed by atoms with Crippen LogP contribution >= 0.6 is 11.6 Å². The molecule has 2 heterocycles. The maximum atomic E-state index is 13.4. The van der Waals surface area contributed by atoms with Crippen molar-refractivity contribution in [1.29, 1.82) is 5.26 Å². The van der Waals surface area contributed by atoms with Crippen molar-refractivity contribution in [3.05, 3.63) is 63.0 Å². The van der Waals surface area contributed by atoms with Crippen LogP contribution in [0.1, 0.15) is 23.6 Å². The Hall–Kier alpha value is -3.24. The molecule has 0 bridgehead atoms. The molecule has 0 radical (unpaired) electrons. The van der Waals surface area contributed by atoms with Crippen LogP contribution in [0, 0.1) is 11.3 Å². The number of ether oxygens (including phenoxy) is 1. The van der Waals surface area contributed by atoms with Crippen molar-refractivity contribution in [2.45, 2.75) is 19.0 Å². The Bertz CT molecular complexity index is 1190. The summed E-state index contributed by atoms with van der Waals surface area (Å²) in [6.07, 6.45) is 1.53. The summed E-state index contributed by atoms with van der Waals surface area (Å²) in [6.45, 7) is 1.43. The van der Waals surface area contributed by atoms with Crippen molar-refractivity contribution in [3.63, 3.8) is 0 Å². The van der Waals surface area contributed by atoms with E-state index in [2.05, 4.69) is 6.07 Å². The molecule has 1 amide bonds.